The van der Waals surface area contributed by atoms with Gasteiger partial charge in [0.2, 0.25) is 0 Å². The highest BCUT2D eigenvalue weighted by Crippen LogP contribution is 2.24. The van der Waals surface area contributed by atoms with E-state index >= 15 is 0 Å². The number of halogens is 1. The van der Waals surface area contributed by atoms with Crippen molar-refractivity contribution in [3.8, 4) is 0 Å². The Balaban J connectivity index is 2.28. The minimum atomic E-state index is 0.414. The number of methoxy groups -OCH3 is 1. The zero-order valence-electron chi connectivity index (χ0n) is 9.96. The van der Waals surface area contributed by atoms with Gasteiger partial charge in [-0.15, -0.1) is 0 Å². The molecule has 0 fully saturated rings. The minimum absolute atomic E-state index is 0.414. The van der Waals surface area contributed by atoms with Crippen LogP contribution in [0.3, 0.4) is 0 Å². The van der Waals surface area contributed by atoms with E-state index in [1.807, 2.05) is 6.07 Å². The molecule has 1 aromatic carbocycles. The summed E-state index contributed by atoms with van der Waals surface area (Å²) in [5, 5.41) is 0.620. The van der Waals surface area contributed by atoms with Crippen molar-refractivity contribution in [2.75, 3.05) is 19.5 Å². The Morgan fingerprint density at radius 2 is 2.29 bits per heavy atom. The zero-order chi connectivity index (χ0) is 12.4. The monoisotopic (exact) mass is 253 g/mol. The average Bonchev–Trinajstić information content (AvgIpc) is 2.60. The van der Waals surface area contributed by atoms with Gasteiger partial charge in [-0.3, -0.25) is 0 Å². The summed E-state index contributed by atoms with van der Waals surface area (Å²) in [7, 11) is 1.70. The number of nitrogen functional groups attached to an aromatic ring is 1. The van der Waals surface area contributed by atoms with Gasteiger partial charge in [0.25, 0.3) is 0 Å². The third kappa shape index (κ3) is 2.70. The summed E-state index contributed by atoms with van der Waals surface area (Å²) in [4.78, 5) is 7.72. The summed E-state index contributed by atoms with van der Waals surface area (Å²) < 4.78 is 5.11. The molecule has 1 heterocycles. The van der Waals surface area contributed by atoms with Crippen molar-refractivity contribution in [1.29, 1.82) is 0 Å². The number of rotatable bonds is 4. The van der Waals surface area contributed by atoms with Gasteiger partial charge < -0.3 is 15.5 Å². The molecule has 0 aliphatic rings. The van der Waals surface area contributed by atoms with Gasteiger partial charge in [-0.1, -0.05) is 18.5 Å². The predicted octanol–water partition coefficient (Wildman–Crippen LogP) is 2.62. The number of aromatic amines is 1. The fourth-order valence-electron chi connectivity index (χ4n) is 1.93. The fraction of sp³-hybridized carbons (Fsp3) is 0.417. The smallest absolute Gasteiger partial charge is 0.112 e. The van der Waals surface area contributed by atoms with Gasteiger partial charge >= 0.3 is 0 Å². The normalized spacial score (nSPS) is 13.1. The number of aromatic nitrogens is 2. The van der Waals surface area contributed by atoms with Crippen molar-refractivity contribution >= 4 is 28.3 Å². The van der Waals surface area contributed by atoms with Crippen LogP contribution >= 0.6 is 11.6 Å². The van der Waals surface area contributed by atoms with Crippen LogP contribution in [0.4, 0.5) is 5.69 Å². The Bertz CT molecular complexity index is 524. The highest BCUT2D eigenvalue weighted by molar-refractivity contribution is 6.31. The summed E-state index contributed by atoms with van der Waals surface area (Å²) in [6, 6.07) is 3.55. The first-order valence-corrected chi connectivity index (χ1v) is 5.90. The first-order chi connectivity index (χ1) is 8.10. The first kappa shape index (κ1) is 12.2. The van der Waals surface area contributed by atoms with Crippen LogP contribution in [0.5, 0.6) is 0 Å². The Kier molecular flexibility index (Phi) is 3.54. The van der Waals surface area contributed by atoms with E-state index in [0.717, 1.165) is 23.3 Å². The maximum Gasteiger partial charge on any atom is 0.112 e. The Morgan fingerprint density at radius 1 is 1.53 bits per heavy atom. The molecular weight excluding hydrogens is 238 g/mol. The van der Waals surface area contributed by atoms with Crippen LogP contribution < -0.4 is 5.73 Å². The Labute approximate surface area is 105 Å². The number of anilines is 1. The third-order valence-corrected chi connectivity index (χ3v) is 2.84. The van der Waals surface area contributed by atoms with E-state index in [9.17, 15) is 0 Å². The molecule has 0 saturated heterocycles. The van der Waals surface area contributed by atoms with Gasteiger partial charge in [0.15, 0.2) is 0 Å². The number of hydrogen-bond donors (Lipinski definition) is 2. The van der Waals surface area contributed by atoms with Crippen LogP contribution in [0.2, 0.25) is 5.02 Å². The third-order valence-electron chi connectivity index (χ3n) is 2.62. The molecule has 0 spiro atoms. The van der Waals surface area contributed by atoms with E-state index in [4.69, 9.17) is 22.1 Å². The molecule has 0 aliphatic heterocycles. The van der Waals surface area contributed by atoms with Crippen LogP contribution in [0.25, 0.3) is 11.0 Å². The Hall–Kier alpha value is -1.26. The SMILES string of the molecule is COCC(C)Cc1nc2c(N)cc(Cl)cc2[nH]1. The van der Waals surface area contributed by atoms with Crippen molar-refractivity contribution in [2.45, 2.75) is 13.3 Å². The van der Waals surface area contributed by atoms with E-state index in [0.29, 0.717) is 23.2 Å². The summed E-state index contributed by atoms with van der Waals surface area (Å²) in [5.41, 5.74) is 8.14. The largest absolute Gasteiger partial charge is 0.397 e. The molecule has 0 amide bonds. The van der Waals surface area contributed by atoms with Gasteiger partial charge in [0, 0.05) is 25.2 Å². The van der Waals surface area contributed by atoms with Gasteiger partial charge in [-0.25, -0.2) is 4.98 Å². The van der Waals surface area contributed by atoms with Crippen LogP contribution in [0.15, 0.2) is 12.1 Å². The second-order valence-corrected chi connectivity index (χ2v) is 4.78. The molecule has 0 radical (unpaired) electrons. The molecule has 0 bridgehead atoms. The lowest BCUT2D eigenvalue weighted by Crippen LogP contribution is -2.07. The lowest BCUT2D eigenvalue weighted by Gasteiger charge is -2.06. The van der Waals surface area contributed by atoms with E-state index in [1.165, 1.54) is 0 Å². The molecule has 0 aliphatic carbocycles. The molecule has 2 aromatic rings. The van der Waals surface area contributed by atoms with E-state index in [-0.39, 0.29) is 0 Å². The number of nitrogens with two attached hydrogens (primary N) is 1. The molecule has 3 N–H and O–H groups in total. The van der Waals surface area contributed by atoms with Crippen molar-refractivity contribution in [2.24, 2.45) is 5.92 Å². The van der Waals surface area contributed by atoms with Crippen LogP contribution in [-0.2, 0) is 11.2 Å². The molecule has 0 saturated carbocycles. The van der Waals surface area contributed by atoms with Gasteiger partial charge in [-0.2, -0.15) is 0 Å². The molecule has 17 heavy (non-hydrogen) atoms. The predicted molar refractivity (Wildman–Crippen MR) is 70.3 cm³/mol. The van der Waals surface area contributed by atoms with Crippen molar-refractivity contribution in [3.05, 3.63) is 23.0 Å². The number of hydrogen-bond acceptors (Lipinski definition) is 3. The number of nitrogens with one attached hydrogen (secondary N) is 1. The highest BCUT2D eigenvalue weighted by Gasteiger charge is 2.10. The Morgan fingerprint density at radius 3 is 3.00 bits per heavy atom. The molecule has 5 heteroatoms. The summed E-state index contributed by atoms with van der Waals surface area (Å²) in [6.07, 6.45) is 0.833. The van der Waals surface area contributed by atoms with E-state index in [2.05, 4.69) is 16.9 Å². The standard InChI is InChI=1S/C12H16ClN3O/c1-7(6-17-2)3-11-15-10-5-8(13)4-9(14)12(10)16-11/h4-5,7H,3,6,14H2,1-2H3,(H,15,16). The zero-order valence-corrected chi connectivity index (χ0v) is 10.7. The van der Waals surface area contributed by atoms with Gasteiger partial charge in [0.1, 0.15) is 11.3 Å². The molecule has 4 nitrogen and oxygen atoms in total. The molecular formula is C12H16ClN3O. The fourth-order valence-corrected chi connectivity index (χ4v) is 2.16. The van der Waals surface area contributed by atoms with Crippen molar-refractivity contribution < 1.29 is 4.74 Å². The number of imidazole rings is 1. The number of benzene rings is 1. The van der Waals surface area contributed by atoms with Crippen molar-refractivity contribution in [3.63, 3.8) is 0 Å². The summed E-state index contributed by atoms with van der Waals surface area (Å²) in [5.74, 6) is 1.33. The lowest BCUT2D eigenvalue weighted by atomic mass is 10.1. The van der Waals surface area contributed by atoms with E-state index in [1.54, 1.807) is 13.2 Å². The summed E-state index contributed by atoms with van der Waals surface area (Å²) >= 11 is 5.94. The second kappa shape index (κ2) is 4.94. The maximum atomic E-state index is 5.94. The molecule has 1 aromatic heterocycles. The maximum absolute atomic E-state index is 5.94. The average molecular weight is 254 g/mol. The number of nitrogens with zero attached hydrogens (tertiary/aromatic N) is 1. The minimum Gasteiger partial charge on any atom is -0.397 e. The topological polar surface area (TPSA) is 63.9 Å². The lowest BCUT2D eigenvalue weighted by molar-refractivity contribution is 0.159. The molecule has 1 atom stereocenters. The summed E-state index contributed by atoms with van der Waals surface area (Å²) in [6.45, 7) is 2.83. The number of ether oxygens (including phenoxy) is 1. The van der Waals surface area contributed by atoms with Crippen molar-refractivity contribution in [1.82, 2.24) is 9.97 Å². The number of H-pyrrole nitrogens is 1. The molecule has 1 unspecified atom stereocenters. The molecule has 92 valence electrons. The van der Waals surface area contributed by atoms with Crippen LogP contribution in [0, 0.1) is 5.92 Å². The second-order valence-electron chi connectivity index (χ2n) is 4.34. The van der Waals surface area contributed by atoms with Crippen LogP contribution in [0.1, 0.15) is 12.7 Å². The van der Waals surface area contributed by atoms with Gasteiger partial charge in [0.05, 0.1) is 11.2 Å². The first-order valence-electron chi connectivity index (χ1n) is 5.52. The number of fused-ring (bicyclic) bond motifs is 1. The molecule has 2 rings (SSSR count). The quantitative estimate of drug-likeness (QED) is 0.824. The van der Waals surface area contributed by atoms with E-state index < -0.39 is 0 Å². The highest BCUT2D eigenvalue weighted by atomic mass is 35.5. The van der Waals surface area contributed by atoms with Crippen LogP contribution in [-0.4, -0.2) is 23.7 Å². The van der Waals surface area contributed by atoms with Gasteiger partial charge in [-0.05, 0) is 18.1 Å².